The predicted octanol–water partition coefficient (Wildman–Crippen LogP) is 1.68. The molecule has 0 aromatic rings. The molecule has 2 unspecified atom stereocenters. The molecule has 2 amide bonds. The van der Waals surface area contributed by atoms with E-state index in [4.69, 9.17) is 0 Å². The number of fused-ring (bicyclic) bond motifs is 2. The summed E-state index contributed by atoms with van der Waals surface area (Å²) in [5.74, 6) is 0. The number of carbonyl (C=O) groups excluding carboxylic acids is 1. The van der Waals surface area contributed by atoms with Crippen molar-refractivity contribution in [2.75, 3.05) is 14.1 Å². The summed E-state index contributed by atoms with van der Waals surface area (Å²) in [6.07, 6.45) is 6.20. The SMILES string of the molecule is CN(C)C(=O)N1C2CCCC1CC2. The molecule has 3 nitrogen and oxygen atoms in total. The number of amides is 2. The maximum absolute atomic E-state index is 11.8. The lowest BCUT2D eigenvalue weighted by Gasteiger charge is -2.36. The van der Waals surface area contributed by atoms with E-state index in [2.05, 4.69) is 4.90 Å². The molecular formula is C10H18N2O. The Balaban J connectivity index is 2.10. The molecule has 2 aliphatic rings. The van der Waals surface area contributed by atoms with Crippen LogP contribution in [0.25, 0.3) is 0 Å². The smallest absolute Gasteiger partial charge is 0.319 e. The Morgan fingerprint density at radius 3 is 2.15 bits per heavy atom. The third-order valence-electron chi connectivity index (χ3n) is 3.30. The topological polar surface area (TPSA) is 23.6 Å². The van der Waals surface area contributed by atoms with Crippen LogP contribution in [0.2, 0.25) is 0 Å². The van der Waals surface area contributed by atoms with Gasteiger partial charge in [-0.2, -0.15) is 0 Å². The molecule has 2 fully saturated rings. The van der Waals surface area contributed by atoms with Gasteiger partial charge in [0.2, 0.25) is 0 Å². The van der Waals surface area contributed by atoms with Crippen LogP contribution in [0.3, 0.4) is 0 Å². The van der Waals surface area contributed by atoms with E-state index in [0.29, 0.717) is 12.1 Å². The van der Waals surface area contributed by atoms with Crippen molar-refractivity contribution in [1.29, 1.82) is 0 Å². The van der Waals surface area contributed by atoms with Crippen molar-refractivity contribution in [3.8, 4) is 0 Å². The van der Waals surface area contributed by atoms with Gasteiger partial charge < -0.3 is 9.80 Å². The number of rotatable bonds is 0. The third kappa shape index (κ3) is 1.40. The second-order valence-electron chi connectivity index (χ2n) is 4.40. The van der Waals surface area contributed by atoms with E-state index in [-0.39, 0.29) is 6.03 Å². The summed E-state index contributed by atoms with van der Waals surface area (Å²) in [7, 11) is 3.69. The van der Waals surface area contributed by atoms with Crippen molar-refractivity contribution in [3.63, 3.8) is 0 Å². The van der Waals surface area contributed by atoms with Crippen molar-refractivity contribution >= 4 is 6.03 Å². The first-order chi connectivity index (χ1) is 6.20. The second-order valence-corrected chi connectivity index (χ2v) is 4.40. The molecule has 2 bridgehead atoms. The number of carbonyl (C=O) groups is 1. The highest BCUT2D eigenvalue weighted by Crippen LogP contribution is 2.35. The normalized spacial score (nSPS) is 32.0. The molecule has 2 aliphatic heterocycles. The third-order valence-corrected chi connectivity index (χ3v) is 3.30. The molecule has 0 saturated carbocycles. The van der Waals surface area contributed by atoms with Gasteiger partial charge in [0, 0.05) is 26.2 Å². The summed E-state index contributed by atoms with van der Waals surface area (Å²) in [6, 6.07) is 1.31. The molecule has 0 aromatic heterocycles. The van der Waals surface area contributed by atoms with Gasteiger partial charge >= 0.3 is 6.03 Å². The zero-order chi connectivity index (χ0) is 9.42. The maximum atomic E-state index is 11.8. The number of urea groups is 1. The minimum atomic E-state index is 0.215. The molecule has 2 heterocycles. The summed E-state index contributed by atoms with van der Waals surface area (Å²) in [6.45, 7) is 0. The van der Waals surface area contributed by atoms with Crippen molar-refractivity contribution in [3.05, 3.63) is 0 Å². The Labute approximate surface area is 79.7 Å². The van der Waals surface area contributed by atoms with Crippen LogP contribution in [0.4, 0.5) is 4.79 Å². The quantitative estimate of drug-likeness (QED) is 0.559. The minimum Gasteiger partial charge on any atom is -0.331 e. The summed E-state index contributed by atoms with van der Waals surface area (Å²) < 4.78 is 0. The Bertz CT molecular complexity index is 199. The van der Waals surface area contributed by atoms with Gasteiger partial charge in [-0.1, -0.05) is 0 Å². The van der Waals surface area contributed by atoms with Crippen molar-refractivity contribution in [2.24, 2.45) is 0 Å². The average Bonchev–Trinajstić information content (AvgIpc) is 2.34. The number of hydrogen-bond acceptors (Lipinski definition) is 1. The van der Waals surface area contributed by atoms with Gasteiger partial charge in [0.15, 0.2) is 0 Å². The Morgan fingerprint density at radius 1 is 1.15 bits per heavy atom. The monoisotopic (exact) mass is 182 g/mol. The molecule has 0 spiro atoms. The van der Waals surface area contributed by atoms with Gasteiger partial charge in [-0.3, -0.25) is 0 Å². The fourth-order valence-electron chi connectivity index (χ4n) is 2.66. The van der Waals surface area contributed by atoms with Crippen LogP contribution in [0.15, 0.2) is 0 Å². The lowest BCUT2D eigenvalue weighted by molar-refractivity contribution is 0.125. The Hall–Kier alpha value is -0.730. The van der Waals surface area contributed by atoms with Crippen LogP contribution in [0.5, 0.6) is 0 Å². The van der Waals surface area contributed by atoms with Gasteiger partial charge in [-0.05, 0) is 32.1 Å². The van der Waals surface area contributed by atoms with Crippen LogP contribution >= 0.6 is 0 Å². The van der Waals surface area contributed by atoms with E-state index >= 15 is 0 Å². The van der Waals surface area contributed by atoms with E-state index in [1.807, 2.05) is 14.1 Å². The fraction of sp³-hybridized carbons (Fsp3) is 0.900. The van der Waals surface area contributed by atoms with E-state index in [1.165, 1.54) is 32.1 Å². The fourth-order valence-corrected chi connectivity index (χ4v) is 2.66. The number of piperidine rings is 1. The molecule has 13 heavy (non-hydrogen) atoms. The standard InChI is InChI=1S/C10H18N2O/c1-11(2)10(13)12-8-4-3-5-9(12)7-6-8/h8-9H,3-7H2,1-2H3. The van der Waals surface area contributed by atoms with E-state index in [1.54, 1.807) is 4.90 Å². The largest absolute Gasteiger partial charge is 0.331 e. The van der Waals surface area contributed by atoms with Crippen LogP contribution in [0, 0.1) is 0 Å². The molecule has 0 aromatic carbocycles. The molecule has 0 aliphatic carbocycles. The second kappa shape index (κ2) is 3.20. The molecular weight excluding hydrogens is 164 g/mol. The Kier molecular flexibility index (Phi) is 2.18. The predicted molar refractivity (Wildman–Crippen MR) is 51.6 cm³/mol. The molecule has 3 heteroatoms. The molecule has 0 radical (unpaired) electrons. The first kappa shape index (κ1) is 8.85. The lowest BCUT2D eigenvalue weighted by Crippen LogP contribution is -2.48. The van der Waals surface area contributed by atoms with Crippen LogP contribution in [-0.4, -0.2) is 42.0 Å². The first-order valence-electron chi connectivity index (χ1n) is 5.20. The van der Waals surface area contributed by atoms with Gasteiger partial charge in [0.1, 0.15) is 0 Å². The number of nitrogens with zero attached hydrogens (tertiary/aromatic N) is 2. The average molecular weight is 182 g/mol. The summed E-state index contributed by atoms with van der Waals surface area (Å²) in [5, 5.41) is 0. The van der Waals surface area contributed by atoms with Gasteiger partial charge in [-0.15, -0.1) is 0 Å². The van der Waals surface area contributed by atoms with Crippen molar-refractivity contribution in [1.82, 2.24) is 9.80 Å². The van der Waals surface area contributed by atoms with Gasteiger partial charge in [0.05, 0.1) is 0 Å². The van der Waals surface area contributed by atoms with Crippen LogP contribution in [-0.2, 0) is 0 Å². The van der Waals surface area contributed by atoms with Crippen molar-refractivity contribution < 1.29 is 4.79 Å². The molecule has 74 valence electrons. The van der Waals surface area contributed by atoms with E-state index < -0.39 is 0 Å². The molecule has 2 atom stereocenters. The molecule has 2 saturated heterocycles. The highest BCUT2D eigenvalue weighted by atomic mass is 16.2. The lowest BCUT2D eigenvalue weighted by atomic mass is 10.0. The summed E-state index contributed by atoms with van der Waals surface area (Å²) in [5.41, 5.74) is 0. The van der Waals surface area contributed by atoms with Gasteiger partial charge in [-0.25, -0.2) is 4.79 Å². The summed E-state index contributed by atoms with van der Waals surface area (Å²) in [4.78, 5) is 15.6. The van der Waals surface area contributed by atoms with E-state index in [9.17, 15) is 4.79 Å². The molecule has 0 N–H and O–H groups in total. The first-order valence-corrected chi connectivity index (χ1v) is 5.20. The van der Waals surface area contributed by atoms with Crippen molar-refractivity contribution in [2.45, 2.75) is 44.2 Å². The Morgan fingerprint density at radius 2 is 1.69 bits per heavy atom. The minimum absolute atomic E-state index is 0.215. The maximum Gasteiger partial charge on any atom is 0.319 e. The highest BCUT2D eigenvalue weighted by molar-refractivity contribution is 5.75. The van der Waals surface area contributed by atoms with Crippen LogP contribution in [0.1, 0.15) is 32.1 Å². The highest BCUT2D eigenvalue weighted by Gasteiger charge is 2.39. The zero-order valence-electron chi connectivity index (χ0n) is 8.49. The summed E-state index contributed by atoms with van der Waals surface area (Å²) >= 11 is 0. The zero-order valence-corrected chi connectivity index (χ0v) is 8.49. The van der Waals surface area contributed by atoms with Gasteiger partial charge in [0.25, 0.3) is 0 Å². The van der Waals surface area contributed by atoms with Crippen LogP contribution < -0.4 is 0 Å². The molecule has 2 rings (SSSR count). The number of hydrogen-bond donors (Lipinski definition) is 0. The van der Waals surface area contributed by atoms with E-state index in [0.717, 1.165) is 0 Å².